The number of carbonyl (C=O) groups is 3. The summed E-state index contributed by atoms with van der Waals surface area (Å²) in [5.74, 6) is -1.89. The van der Waals surface area contributed by atoms with Gasteiger partial charge in [-0.15, -0.1) is 0 Å². The van der Waals surface area contributed by atoms with E-state index in [1.54, 1.807) is 0 Å². The number of amides is 2. The Morgan fingerprint density at radius 2 is 2.00 bits per heavy atom. The highest BCUT2D eigenvalue weighted by molar-refractivity contribution is 6.40. The third-order valence-corrected chi connectivity index (χ3v) is 3.61. The summed E-state index contributed by atoms with van der Waals surface area (Å²) in [6.07, 6.45) is 0.347. The first-order chi connectivity index (χ1) is 10.8. The molecule has 122 valence electrons. The van der Waals surface area contributed by atoms with Gasteiger partial charge in [-0.25, -0.2) is 5.01 Å². The lowest BCUT2D eigenvalue weighted by atomic mass is 10.1. The molecule has 0 fully saturated rings. The predicted molar refractivity (Wildman–Crippen MR) is 85.3 cm³/mol. The normalized spacial score (nSPS) is 15.9. The van der Waals surface area contributed by atoms with E-state index in [-0.39, 0.29) is 24.5 Å². The molecule has 1 aliphatic heterocycles. The number of rotatable bonds is 4. The van der Waals surface area contributed by atoms with Gasteiger partial charge in [-0.1, -0.05) is 12.1 Å². The molecular weight excluding hydrogens is 298 g/mol. The molecule has 0 saturated heterocycles. The van der Waals surface area contributed by atoms with E-state index in [9.17, 15) is 14.4 Å². The maximum atomic E-state index is 12.1. The molecule has 2 amide bonds. The Balaban J connectivity index is 2.29. The van der Waals surface area contributed by atoms with E-state index < -0.39 is 17.9 Å². The van der Waals surface area contributed by atoms with Crippen molar-refractivity contribution in [3.63, 3.8) is 0 Å². The van der Waals surface area contributed by atoms with Crippen LogP contribution in [0.25, 0.3) is 0 Å². The van der Waals surface area contributed by atoms with Crippen LogP contribution in [0.4, 0.5) is 5.69 Å². The topological polar surface area (TPSA) is 99.1 Å². The van der Waals surface area contributed by atoms with Crippen LogP contribution < -0.4 is 10.3 Å². The second kappa shape index (κ2) is 6.60. The molecule has 1 aromatic rings. The Morgan fingerprint density at radius 1 is 1.30 bits per heavy atom. The van der Waals surface area contributed by atoms with Crippen LogP contribution >= 0.6 is 0 Å². The van der Waals surface area contributed by atoms with Gasteiger partial charge in [0.15, 0.2) is 0 Å². The Hall–Kier alpha value is -2.70. The molecular formula is C16H19N3O4. The van der Waals surface area contributed by atoms with Crippen molar-refractivity contribution in [2.45, 2.75) is 39.7 Å². The van der Waals surface area contributed by atoms with Crippen molar-refractivity contribution in [3.8, 4) is 0 Å². The van der Waals surface area contributed by atoms with E-state index in [2.05, 4.69) is 10.4 Å². The monoisotopic (exact) mass is 317 g/mol. The lowest BCUT2D eigenvalue weighted by Gasteiger charge is -2.25. The van der Waals surface area contributed by atoms with Gasteiger partial charge in [-0.05, 0) is 38.0 Å². The van der Waals surface area contributed by atoms with Crippen LogP contribution in [0.3, 0.4) is 0 Å². The molecule has 2 rings (SSSR count). The van der Waals surface area contributed by atoms with Gasteiger partial charge in [-0.3, -0.25) is 14.4 Å². The number of benzene rings is 1. The number of carboxylic acid groups (broad SMARTS) is 1. The van der Waals surface area contributed by atoms with E-state index in [0.29, 0.717) is 5.69 Å². The van der Waals surface area contributed by atoms with E-state index in [4.69, 9.17) is 5.11 Å². The number of aliphatic carboxylic acids is 1. The largest absolute Gasteiger partial charge is 0.480 e. The first-order valence-corrected chi connectivity index (χ1v) is 7.31. The van der Waals surface area contributed by atoms with E-state index >= 15 is 0 Å². The second-order valence-electron chi connectivity index (χ2n) is 5.58. The number of hydrazone groups is 1. The summed E-state index contributed by atoms with van der Waals surface area (Å²) < 4.78 is 0. The van der Waals surface area contributed by atoms with Gasteiger partial charge in [0.2, 0.25) is 5.91 Å². The molecule has 2 N–H and O–H groups in total. The minimum atomic E-state index is -1.13. The standard InChI is InChI=1S/C16H19N3O4/c1-9-4-5-10(2)13(8-9)19-14(20)7-6-12(18-19)15(21)17-11(3)16(22)23/h4-5,8,11H,6-7H2,1-3H3,(H,17,21)(H,22,23)/t11-/m0/s1. The van der Waals surface area contributed by atoms with Gasteiger partial charge >= 0.3 is 5.97 Å². The third-order valence-electron chi connectivity index (χ3n) is 3.61. The molecule has 0 bridgehead atoms. The Morgan fingerprint density at radius 3 is 2.65 bits per heavy atom. The van der Waals surface area contributed by atoms with Crippen molar-refractivity contribution in [2.24, 2.45) is 5.10 Å². The van der Waals surface area contributed by atoms with Crippen molar-refractivity contribution in [1.29, 1.82) is 0 Å². The van der Waals surface area contributed by atoms with Crippen molar-refractivity contribution in [1.82, 2.24) is 5.32 Å². The van der Waals surface area contributed by atoms with E-state index in [1.165, 1.54) is 11.9 Å². The fourth-order valence-corrected chi connectivity index (χ4v) is 2.19. The maximum absolute atomic E-state index is 12.1. The molecule has 0 saturated carbocycles. The average Bonchev–Trinajstić information content (AvgIpc) is 2.50. The van der Waals surface area contributed by atoms with Crippen molar-refractivity contribution in [2.75, 3.05) is 5.01 Å². The molecule has 0 unspecified atom stereocenters. The van der Waals surface area contributed by atoms with Crippen LogP contribution in [0.1, 0.15) is 30.9 Å². The zero-order chi connectivity index (χ0) is 17.1. The third kappa shape index (κ3) is 3.74. The molecule has 1 heterocycles. The molecule has 0 aromatic heterocycles. The number of hydrogen-bond donors (Lipinski definition) is 2. The fourth-order valence-electron chi connectivity index (χ4n) is 2.19. The fraction of sp³-hybridized carbons (Fsp3) is 0.375. The molecule has 7 nitrogen and oxygen atoms in total. The summed E-state index contributed by atoms with van der Waals surface area (Å²) in [7, 11) is 0. The first-order valence-electron chi connectivity index (χ1n) is 7.31. The molecule has 0 radical (unpaired) electrons. The highest BCUT2D eigenvalue weighted by Crippen LogP contribution is 2.25. The average molecular weight is 317 g/mol. The molecule has 0 aliphatic carbocycles. The summed E-state index contributed by atoms with van der Waals surface area (Å²) in [5.41, 5.74) is 2.63. The van der Waals surface area contributed by atoms with Crippen molar-refractivity contribution >= 4 is 29.2 Å². The van der Waals surface area contributed by atoms with Crippen LogP contribution in [0.2, 0.25) is 0 Å². The molecule has 7 heteroatoms. The quantitative estimate of drug-likeness (QED) is 0.876. The first kappa shape index (κ1) is 16.7. The number of hydrogen-bond acceptors (Lipinski definition) is 4. The highest BCUT2D eigenvalue weighted by atomic mass is 16.4. The maximum Gasteiger partial charge on any atom is 0.325 e. The number of nitrogens with zero attached hydrogens (tertiary/aromatic N) is 2. The number of nitrogens with one attached hydrogen (secondary N) is 1. The summed E-state index contributed by atoms with van der Waals surface area (Å²) in [4.78, 5) is 35.1. The number of carboxylic acids is 1. The smallest absolute Gasteiger partial charge is 0.325 e. The molecule has 0 spiro atoms. The van der Waals surface area contributed by atoms with Crippen molar-refractivity contribution < 1.29 is 19.5 Å². The van der Waals surface area contributed by atoms with Gasteiger partial charge in [0.05, 0.1) is 5.69 Å². The minimum absolute atomic E-state index is 0.151. The Bertz CT molecular complexity index is 697. The van der Waals surface area contributed by atoms with Gasteiger partial charge in [0.25, 0.3) is 5.91 Å². The van der Waals surface area contributed by atoms with Gasteiger partial charge in [0, 0.05) is 12.8 Å². The van der Waals surface area contributed by atoms with Gasteiger partial charge < -0.3 is 10.4 Å². The number of carbonyl (C=O) groups excluding carboxylic acids is 2. The SMILES string of the molecule is Cc1ccc(C)c(N2N=C(C(=O)N[C@@H](C)C(=O)O)CCC2=O)c1. The van der Waals surface area contributed by atoms with Crippen LogP contribution in [0.15, 0.2) is 23.3 Å². The lowest BCUT2D eigenvalue weighted by Crippen LogP contribution is -2.44. The van der Waals surface area contributed by atoms with E-state index in [1.807, 2.05) is 32.0 Å². The molecule has 1 aromatic carbocycles. The zero-order valence-electron chi connectivity index (χ0n) is 13.3. The number of aryl methyl sites for hydroxylation is 2. The summed E-state index contributed by atoms with van der Waals surface area (Å²) in [5, 5.41) is 16.6. The van der Waals surface area contributed by atoms with Crippen LogP contribution in [-0.4, -0.2) is 34.6 Å². The Labute approximate surface area is 134 Å². The van der Waals surface area contributed by atoms with Crippen LogP contribution in [0.5, 0.6) is 0 Å². The van der Waals surface area contributed by atoms with E-state index in [0.717, 1.165) is 11.1 Å². The van der Waals surface area contributed by atoms with Crippen LogP contribution in [-0.2, 0) is 14.4 Å². The van der Waals surface area contributed by atoms with Gasteiger partial charge in [-0.2, -0.15) is 5.10 Å². The predicted octanol–water partition coefficient (Wildman–Crippen LogP) is 1.38. The van der Waals surface area contributed by atoms with Gasteiger partial charge in [0.1, 0.15) is 11.8 Å². The zero-order valence-corrected chi connectivity index (χ0v) is 13.3. The summed E-state index contributed by atoms with van der Waals surface area (Å²) >= 11 is 0. The van der Waals surface area contributed by atoms with Crippen LogP contribution in [0, 0.1) is 13.8 Å². The molecule has 1 atom stereocenters. The summed E-state index contributed by atoms with van der Waals surface area (Å²) in [6.45, 7) is 5.14. The summed E-state index contributed by atoms with van der Waals surface area (Å²) in [6, 6.07) is 4.63. The molecule has 23 heavy (non-hydrogen) atoms. The number of anilines is 1. The lowest BCUT2D eigenvalue weighted by molar-refractivity contribution is -0.140. The minimum Gasteiger partial charge on any atom is -0.480 e. The highest BCUT2D eigenvalue weighted by Gasteiger charge is 2.27. The Kier molecular flexibility index (Phi) is 4.78. The second-order valence-corrected chi connectivity index (χ2v) is 5.58. The van der Waals surface area contributed by atoms with Crippen molar-refractivity contribution in [3.05, 3.63) is 29.3 Å². The molecule has 1 aliphatic rings.